The van der Waals surface area contributed by atoms with Gasteiger partial charge in [-0.3, -0.25) is 4.79 Å². The molecule has 17 nitrogen and oxygen atoms in total. The summed E-state index contributed by atoms with van der Waals surface area (Å²) in [5.41, 5.74) is -0.538. The highest BCUT2D eigenvalue weighted by molar-refractivity contribution is 5.86. The van der Waals surface area contributed by atoms with Crippen LogP contribution in [0.25, 0.3) is 22.3 Å². The zero-order valence-electron chi connectivity index (χ0n) is 24.4. The van der Waals surface area contributed by atoms with Crippen LogP contribution in [0.1, 0.15) is 0 Å². The number of fused-ring (bicyclic) bond motifs is 1. The molecule has 0 unspecified atom stereocenters. The van der Waals surface area contributed by atoms with Crippen LogP contribution < -0.4 is 19.6 Å². The number of ether oxygens (including phenoxy) is 6. The fourth-order valence-electron chi connectivity index (χ4n) is 5.29. The molecule has 2 fully saturated rings. The van der Waals surface area contributed by atoms with Crippen molar-refractivity contribution in [2.24, 2.45) is 0 Å². The lowest BCUT2D eigenvalue weighted by Gasteiger charge is -2.45. The summed E-state index contributed by atoms with van der Waals surface area (Å²) in [4.78, 5) is 13.4. The highest BCUT2D eigenvalue weighted by atomic mass is 16.7. The van der Waals surface area contributed by atoms with E-state index in [4.69, 9.17) is 32.8 Å². The average Bonchev–Trinajstić information content (AvgIpc) is 3.04. The summed E-state index contributed by atoms with van der Waals surface area (Å²) < 4.78 is 38.4. The highest BCUT2D eigenvalue weighted by Crippen LogP contribution is 2.41. The Hall–Kier alpha value is -3.75. The minimum absolute atomic E-state index is 0.00329. The van der Waals surface area contributed by atoms with E-state index in [9.17, 15) is 50.8 Å². The van der Waals surface area contributed by atoms with E-state index in [1.54, 1.807) is 0 Å². The maximum Gasteiger partial charge on any atom is 0.229 e. The zero-order valence-corrected chi connectivity index (χ0v) is 24.4. The fraction of sp³-hybridized carbons (Fsp3) is 0.483. The standard InChI is InChI=1S/C29H34O17/c1-40-16-3-10(4-17(41-2)21(16)34)13-7-12(33)20-14(42-13)5-11(32)6-15(20)43-28-26(39)24(37)27(19(9-31)45-28)46-29-25(38)23(36)22(35)18(8-30)44-29/h3-7,18-19,22-32,34-39H,8-9H2,1-2H3/t18-,19-,22-,23+,24-,25-,26-,27-,28-,29+/m1/s1. The number of phenolic OH excluding ortho intramolecular Hbond substituents is 2. The van der Waals surface area contributed by atoms with Crippen molar-refractivity contribution in [2.45, 2.75) is 61.4 Å². The summed E-state index contributed by atoms with van der Waals surface area (Å²) in [6, 6.07) is 6.07. The van der Waals surface area contributed by atoms with Gasteiger partial charge >= 0.3 is 0 Å². The first-order valence-corrected chi connectivity index (χ1v) is 13.9. The van der Waals surface area contributed by atoms with Crippen LogP contribution >= 0.6 is 0 Å². The average molecular weight is 655 g/mol. The molecule has 2 saturated heterocycles. The van der Waals surface area contributed by atoms with Crippen molar-refractivity contribution in [1.29, 1.82) is 0 Å². The van der Waals surface area contributed by atoms with E-state index in [0.717, 1.165) is 18.2 Å². The summed E-state index contributed by atoms with van der Waals surface area (Å²) in [5, 5.41) is 92.1. The van der Waals surface area contributed by atoms with Crippen LogP contribution in [0.2, 0.25) is 0 Å². The second-order valence-electron chi connectivity index (χ2n) is 10.6. The number of hydrogen-bond donors (Lipinski definition) is 9. The monoisotopic (exact) mass is 654 g/mol. The third kappa shape index (κ3) is 6.17. The minimum atomic E-state index is -1.92. The van der Waals surface area contributed by atoms with E-state index in [-0.39, 0.29) is 45.3 Å². The summed E-state index contributed by atoms with van der Waals surface area (Å²) in [5.74, 6) is -0.948. The van der Waals surface area contributed by atoms with Gasteiger partial charge in [0, 0.05) is 23.8 Å². The Morgan fingerprint density at radius 1 is 0.717 bits per heavy atom. The Morgan fingerprint density at radius 3 is 1.93 bits per heavy atom. The van der Waals surface area contributed by atoms with Crippen LogP contribution in [0.4, 0.5) is 0 Å². The van der Waals surface area contributed by atoms with E-state index in [1.165, 1.54) is 26.4 Å². The van der Waals surface area contributed by atoms with Crippen LogP contribution in [0, 0.1) is 0 Å². The Balaban J connectivity index is 1.42. The molecule has 0 spiro atoms. The summed E-state index contributed by atoms with van der Waals surface area (Å²) >= 11 is 0. The molecule has 17 heteroatoms. The number of aliphatic hydroxyl groups excluding tert-OH is 7. The summed E-state index contributed by atoms with van der Waals surface area (Å²) in [6.07, 6.45) is -17.0. The van der Waals surface area contributed by atoms with Crippen molar-refractivity contribution < 1.29 is 78.8 Å². The molecule has 10 atom stereocenters. The van der Waals surface area contributed by atoms with Crippen LogP contribution in [0.15, 0.2) is 39.5 Å². The lowest BCUT2D eigenvalue weighted by Crippen LogP contribution is -2.65. The SMILES string of the molecule is COc1cc(-c2cc(=O)c3c(O[C@@H]4O[C@H](CO)[C@@H](O[C@@H]5O[C@H](CO)[C@@H](O)[C@H](O)[C@H]5O)[C@H](O)[C@H]4O)cc(O)cc3o2)cc(OC)c1O. The molecular formula is C29H34O17. The molecule has 5 rings (SSSR count). The first kappa shape index (κ1) is 33.6. The first-order valence-electron chi connectivity index (χ1n) is 13.9. The Bertz CT molecular complexity index is 1560. The fourth-order valence-corrected chi connectivity index (χ4v) is 5.29. The van der Waals surface area contributed by atoms with Gasteiger partial charge in [-0.2, -0.15) is 0 Å². The molecule has 2 aromatic carbocycles. The zero-order chi connectivity index (χ0) is 33.4. The maximum absolute atomic E-state index is 13.4. The van der Waals surface area contributed by atoms with Crippen LogP contribution in [-0.2, 0) is 14.2 Å². The van der Waals surface area contributed by atoms with E-state index in [0.29, 0.717) is 0 Å². The third-order valence-corrected chi connectivity index (χ3v) is 7.75. The summed E-state index contributed by atoms with van der Waals surface area (Å²) in [7, 11) is 2.64. The smallest absolute Gasteiger partial charge is 0.229 e. The van der Waals surface area contributed by atoms with E-state index < -0.39 is 85.8 Å². The number of benzene rings is 2. The topological polar surface area (TPSA) is 268 Å². The Morgan fingerprint density at radius 2 is 1.33 bits per heavy atom. The maximum atomic E-state index is 13.4. The molecule has 0 amide bonds. The van der Waals surface area contributed by atoms with E-state index >= 15 is 0 Å². The van der Waals surface area contributed by atoms with Gasteiger partial charge < -0.3 is 78.8 Å². The van der Waals surface area contributed by atoms with Crippen molar-refractivity contribution in [1.82, 2.24) is 0 Å². The van der Waals surface area contributed by atoms with Crippen LogP contribution in [0.3, 0.4) is 0 Å². The molecule has 252 valence electrons. The number of phenols is 2. The van der Waals surface area contributed by atoms with Gasteiger partial charge in [0.25, 0.3) is 0 Å². The molecule has 46 heavy (non-hydrogen) atoms. The summed E-state index contributed by atoms with van der Waals surface area (Å²) in [6.45, 7) is -1.57. The lowest BCUT2D eigenvalue weighted by molar-refractivity contribution is -0.352. The van der Waals surface area contributed by atoms with Crippen molar-refractivity contribution in [3.63, 3.8) is 0 Å². The first-order chi connectivity index (χ1) is 21.9. The van der Waals surface area contributed by atoms with Gasteiger partial charge in [0.2, 0.25) is 12.0 Å². The number of rotatable bonds is 9. The molecule has 2 aliphatic heterocycles. The van der Waals surface area contributed by atoms with E-state index in [2.05, 4.69) is 0 Å². The van der Waals surface area contributed by atoms with Gasteiger partial charge in [-0.1, -0.05) is 0 Å². The Kier molecular flexibility index (Phi) is 9.89. The molecule has 3 heterocycles. The molecule has 9 N–H and O–H groups in total. The predicted molar refractivity (Wildman–Crippen MR) is 151 cm³/mol. The quantitative estimate of drug-likeness (QED) is 0.119. The minimum Gasteiger partial charge on any atom is -0.508 e. The van der Waals surface area contributed by atoms with Gasteiger partial charge in [-0.25, -0.2) is 0 Å². The van der Waals surface area contributed by atoms with Crippen LogP contribution in [0.5, 0.6) is 28.7 Å². The van der Waals surface area contributed by atoms with Gasteiger partial charge in [0.15, 0.2) is 23.2 Å². The number of methoxy groups -OCH3 is 2. The van der Waals surface area contributed by atoms with Crippen molar-refractivity contribution in [3.05, 3.63) is 40.6 Å². The van der Waals surface area contributed by atoms with Gasteiger partial charge in [-0.15, -0.1) is 0 Å². The molecule has 3 aromatic rings. The molecule has 0 radical (unpaired) electrons. The van der Waals surface area contributed by atoms with Gasteiger partial charge in [-0.05, 0) is 12.1 Å². The molecule has 0 aliphatic carbocycles. The van der Waals surface area contributed by atoms with Crippen molar-refractivity contribution in [3.8, 4) is 40.1 Å². The molecule has 0 bridgehead atoms. The van der Waals surface area contributed by atoms with Crippen LogP contribution in [-0.4, -0.2) is 135 Å². The largest absolute Gasteiger partial charge is 0.508 e. The number of hydrogen-bond acceptors (Lipinski definition) is 17. The predicted octanol–water partition coefficient (Wildman–Crippen LogP) is -2.11. The van der Waals surface area contributed by atoms with Crippen molar-refractivity contribution >= 4 is 11.0 Å². The highest BCUT2D eigenvalue weighted by Gasteiger charge is 2.51. The molecular weight excluding hydrogens is 620 g/mol. The number of aromatic hydroxyl groups is 2. The Labute approximate surface area is 259 Å². The molecule has 0 saturated carbocycles. The second kappa shape index (κ2) is 13.5. The van der Waals surface area contributed by atoms with Crippen molar-refractivity contribution in [2.75, 3.05) is 27.4 Å². The normalized spacial score (nSPS) is 31.5. The lowest BCUT2D eigenvalue weighted by atomic mass is 9.97. The number of aliphatic hydroxyl groups is 7. The van der Waals surface area contributed by atoms with E-state index in [1.807, 2.05) is 0 Å². The molecule has 2 aliphatic rings. The van der Waals surface area contributed by atoms with Gasteiger partial charge in [0.1, 0.15) is 77.1 Å². The third-order valence-electron chi connectivity index (χ3n) is 7.75. The molecule has 1 aromatic heterocycles. The second-order valence-corrected chi connectivity index (χ2v) is 10.6. The van der Waals surface area contributed by atoms with Gasteiger partial charge in [0.05, 0.1) is 27.4 Å².